The highest BCUT2D eigenvalue weighted by molar-refractivity contribution is 7.90. The molecule has 0 spiro atoms. The fraction of sp³-hybridized carbons (Fsp3) is 0.600. The number of hydrogen-bond acceptors (Lipinski definition) is 5. The highest BCUT2D eigenvalue weighted by atomic mass is 32.2. The van der Waals surface area contributed by atoms with Crippen molar-refractivity contribution in [3.8, 4) is 11.5 Å². The Labute approximate surface area is 127 Å². The highest BCUT2D eigenvalue weighted by Gasteiger charge is 2.10. The van der Waals surface area contributed by atoms with Crippen LogP contribution in [0, 0.1) is 0 Å². The van der Waals surface area contributed by atoms with Crippen LogP contribution in [-0.2, 0) is 16.3 Å². The SMILES string of the molecule is CCC(N)Cc1cc(OC)ccc1OCCCS(C)(=O)=O. The van der Waals surface area contributed by atoms with Gasteiger partial charge in [-0.2, -0.15) is 0 Å². The summed E-state index contributed by atoms with van der Waals surface area (Å²) in [6, 6.07) is 5.65. The zero-order valence-electron chi connectivity index (χ0n) is 13.0. The Hall–Kier alpha value is -1.27. The molecule has 1 aromatic carbocycles. The molecule has 6 heteroatoms. The van der Waals surface area contributed by atoms with E-state index in [4.69, 9.17) is 15.2 Å². The van der Waals surface area contributed by atoms with Gasteiger partial charge in [0.2, 0.25) is 0 Å². The summed E-state index contributed by atoms with van der Waals surface area (Å²) in [6.07, 6.45) is 3.29. The van der Waals surface area contributed by atoms with Crippen LogP contribution in [0.2, 0.25) is 0 Å². The minimum absolute atomic E-state index is 0.0653. The topological polar surface area (TPSA) is 78.6 Å². The number of nitrogens with two attached hydrogens (primary N) is 1. The lowest BCUT2D eigenvalue weighted by Crippen LogP contribution is -2.22. The molecular weight excluding hydrogens is 290 g/mol. The van der Waals surface area contributed by atoms with Crippen molar-refractivity contribution in [3.05, 3.63) is 23.8 Å². The summed E-state index contributed by atoms with van der Waals surface area (Å²) in [7, 11) is -1.33. The normalized spacial score (nSPS) is 13.0. The average molecular weight is 315 g/mol. The van der Waals surface area contributed by atoms with Crippen LogP contribution in [0.15, 0.2) is 18.2 Å². The highest BCUT2D eigenvalue weighted by Crippen LogP contribution is 2.25. The molecular formula is C15H25NO4S. The lowest BCUT2D eigenvalue weighted by atomic mass is 10.0. The number of sulfone groups is 1. The maximum Gasteiger partial charge on any atom is 0.147 e. The van der Waals surface area contributed by atoms with Crippen LogP contribution in [0.1, 0.15) is 25.3 Å². The van der Waals surface area contributed by atoms with Crippen molar-refractivity contribution in [2.24, 2.45) is 5.73 Å². The molecule has 1 unspecified atom stereocenters. The molecule has 2 N–H and O–H groups in total. The van der Waals surface area contributed by atoms with Gasteiger partial charge in [-0.15, -0.1) is 0 Å². The Morgan fingerprint density at radius 1 is 1.33 bits per heavy atom. The van der Waals surface area contributed by atoms with E-state index in [0.717, 1.165) is 23.5 Å². The van der Waals surface area contributed by atoms with Crippen LogP contribution < -0.4 is 15.2 Å². The van der Waals surface area contributed by atoms with E-state index in [1.807, 2.05) is 25.1 Å². The van der Waals surface area contributed by atoms with Gasteiger partial charge >= 0.3 is 0 Å². The number of hydrogen-bond donors (Lipinski definition) is 1. The first-order valence-corrected chi connectivity index (χ1v) is 9.14. The minimum Gasteiger partial charge on any atom is -0.497 e. The van der Waals surface area contributed by atoms with Gasteiger partial charge < -0.3 is 15.2 Å². The Bertz CT molecular complexity index is 543. The van der Waals surface area contributed by atoms with Gasteiger partial charge in [-0.3, -0.25) is 0 Å². The Kier molecular flexibility index (Phi) is 6.98. The van der Waals surface area contributed by atoms with E-state index >= 15 is 0 Å². The molecule has 0 aliphatic rings. The summed E-state index contributed by atoms with van der Waals surface area (Å²) < 4.78 is 33.1. The van der Waals surface area contributed by atoms with E-state index in [9.17, 15) is 8.42 Å². The maximum absolute atomic E-state index is 11.1. The molecule has 0 aliphatic carbocycles. The first-order valence-electron chi connectivity index (χ1n) is 7.08. The predicted molar refractivity (Wildman–Crippen MR) is 84.8 cm³/mol. The summed E-state index contributed by atoms with van der Waals surface area (Å²) in [5.41, 5.74) is 6.99. The molecule has 0 amide bonds. The molecule has 0 aromatic heterocycles. The fourth-order valence-corrected chi connectivity index (χ4v) is 2.56. The van der Waals surface area contributed by atoms with Crippen molar-refractivity contribution in [1.82, 2.24) is 0 Å². The zero-order chi connectivity index (χ0) is 15.9. The van der Waals surface area contributed by atoms with Gasteiger partial charge in [-0.25, -0.2) is 8.42 Å². The van der Waals surface area contributed by atoms with Crippen LogP contribution in [0.5, 0.6) is 11.5 Å². The molecule has 0 fully saturated rings. The Morgan fingerprint density at radius 2 is 2.05 bits per heavy atom. The molecule has 0 aliphatic heterocycles. The third-order valence-corrected chi connectivity index (χ3v) is 4.22. The molecule has 0 radical (unpaired) electrons. The van der Waals surface area contributed by atoms with E-state index < -0.39 is 9.84 Å². The lowest BCUT2D eigenvalue weighted by Gasteiger charge is -2.15. The molecule has 120 valence electrons. The van der Waals surface area contributed by atoms with E-state index in [1.165, 1.54) is 6.26 Å². The summed E-state index contributed by atoms with van der Waals surface area (Å²) in [5, 5.41) is 0. The van der Waals surface area contributed by atoms with Gasteiger partial charge in [0.15, 0.2) is 0 Å². The lowest BCUT2D eigenvalue weighted by molar-refractivity contribution is 0.312. The molecule has 0 heterocycles. The molecule has 1 rings (SSSR count). The monoisotopic (exact) mass is 315 g/mol. The van der Waals surface area contributed by atoms with Crippen molar-refractivity contribution < 1.29 is 17.9 Å². The van der Waals surface area contributed by atoms with Gasteiger partial charge in [-0.05, 0) is 43.0 Å². The van der Waals surface area contributed by atoms with Crippen LogP contribution in [0.3, 0.4) is 0 Å². The summed E-state index contributed by atoms with van der Waals surface area (Å²) >= 11 is 0. The second kappa shape index (κ2) is 8.24. The van der Waals surface area contributed by atoms with Gasteiger partial charge in [-0.1, -0.05) is 6.92 Å². The first kappa shape index (κ1) is 17.8. The standard InChI is InChI=1S/C15H25NO4S/c1-4-13(16)10-12-11-14(19-2)6-7-15(12)20-8-5-9-21(3,17)18/h6-7,11,13H,4-5,8-10,16H2,1-3H3. The van der Waals surface area contributed by atoms with Crippen LogP contribution in [0.4, 0.5) is 0 Å². The summed E-state index contributed by atoms with van der Waals surface area (Å²) in [4.78, 5) is 0. The van der Waals surface area contributed by atoms with E-state index in [1.54, 1.807) is 7.11 Å². The Morgan fingerprint density at radius 3 is 2.62 bits per heavy atom. The van der Waals surface area contributed by atoms with Gasteiger partial charge in [0.1, 0.15) is 21.3 Å². The average Bonchev–Trinajstić information content (AvgIpc) is 2.43. The smallest absolute Gasteiger partial charge is 0.147 e. The summed E-state index contributed by atoms with van der Waals surface area (Å²) in [6.45, 7) is 2.41. The van der Waals surface area contributed by atoms with Crippen LogP contribution in [0.25, 0.3) is 0 Å². The third-order valence-electron chi connectivity index (χ3n) is 3.19. The largest absolute Gasteiger partial charge is 0.497 e. The summed E-state index contributed by atoms with van der Waals surface area (Å²) in [5.74, 6) is 1.64. The number of rotatable bonds is 9. The molecule has 1 atom stereocenters. The van der Waals surface area contributed by atoms with E-state index in [0.29, 0.717) is 19.4 Å². The van der Waals surface area contributed by atoms with Gasteiger partial charge in [0.25, 0.3) is 0 Å². The molecule has 0 saturated heterocycles. The molecule has 0 bridgehead atoms. The van der Waals surface area contributed by atoms with Gasteiger partial charge in [0, 0.05) is 12.3 Å². The van der Waals surface area contributed by atoms with Crippen molar-refractivity contribution >= 4 is 9.84 Å². The van der Waals surface area contributed by atoms with E-state index in [2.05, 4.69) is 0 Å². The van der Waals surface area contributed by atoms with Crippen LogP contribution >= 0.6 is 0 Å². The maximum atomic E-state index is 11.1. The first-order chi connectivity index (χ1) is 9.85. The van der Waals surface area contributed by atoms with Crippen molar-refractivity contribution in [2.75, 3.05) is 25.7 Å². The van der Waals surface area contributed by atoms with Crippen molar-refractivity contribution in [3.63, 3.8) is 0 Å². The fourth-order valence-electron chi connectivity index (χ4n) is 1.91. The van der Waals surface area contributed by atoms with Crippen molar-refractivity contribution in [2.45, 2.75) is 32.2 Å². The van der Waals surface area contributed by atoms with Crippen molar-refractivity contribution in [1.29, 1.82) is 0 Å². The van der Waals surface area contributed by atoms with Gasteiger partial charge in [0.05, 0.1) is 19.5 Å². The zero-order valence-corrected chi connectivity index (χ0v) is 13.8. The van der Waals surface area contributed by atoms with Crippen LogP contribution in [-0.4, -0.2) is 40.2 Å². The number of ether oxygens (including phenoxy) is 2. The molecule has 0 saturated carbocycles. The molecule has 21 heavy (non-hydrogen) atoms. The second-order valence-electron chi connectivity index (χ2n) is 5.18. The number of methoxy groups -OCH3 is 1. The third kappa shape index (κ3) is 6.82. The van der Waals surface area contributed by atoms with E-state index in [-0.39, 0.29) is 11.8 Å². The quantitative estimate of drug-likeness (QED) is 0.703. The second-order valence-corrected chi connectivity index (χ2v) is 7.44. The molecule has 1 aromatic rings. The molecule has 5 nitrogen and oxygen atoms in total. The number of benzene rings is 1. The Balaban J connectivity index is 2.71. The minimum atomic E-state index is -2.94. The predicted octanol–water partition coefficient (Wildman–Crippen LogP) is 1.79.